The summed E-state index contributed by atoms with van der Waals surface area (Å²) in [5.74, 6) is 0. The first kappa shape index (κ1) is 23.6. The summed E-state index contributed by atoms with van der Waals surface area (Å²) in [6.45, 7) is 2.00. The fourth-order valence-electron chi connectivity index (χ4n) is 2.99. The number of benzene rings is 4. The third kappa shape index (κ3) is 6.17. The molecule has 0 saturated heterocycles. The molecule has 4 rings (SSSR count). The van der Waals surface area contributed by atoms with E-state index in [-0.39, 0.29) is 21.2 Å². The number of carbonyl (C=O) groups is 1. The number of rotatable bonds is 4. The summed E-state index contributed by atoms with van der Waals surface area (Å²) in [7, 11) is 0. The Morgan fingerprint density at radius 1 is 0.469 bits per heavy atom. The van der Waals surface area contributed by atoms with E-state index in [0.29, 0.717) is 11.1 Å². The molecule has 7 nitrogen and oxygen atoms in total. The van der Waals surface area contributed by atoms with E-state index >= 15 is 0 Å². The van der Waals surface area contributed by atoms with Crippen molar-refractivity contribution in [1.82, 2.24) is 0 Å². The van der Waals surface area contributed by atoms with E-state index in [9.17, 15) is 20.2 Å². The summed E-state index contributed by atoms with van der Waals surface area (Å²) in [5, 5.41) is 21.6. The normalized spacial score (nSPS) is 9.38. The van der Waals surface area contributed by atoms with E-state index in [0.717, 1.165) is 11.1 Å². The van der Waals surface area contributed by atoms with E-state index < -0.39 is 0 Å². The molecule has 0 aliphatic rings. The van der Waals surface area contributed by atoms with Gasteiger partial charge in [-0.15, -0.1) is 0 Å². The van der Waals surface area contributed by atoms with Gasteiger partial charge in [0.25, 0.3) is 11.4 Å². The Morgan fingerprint density at radius 3 is 1.06 bits per heavy atom. The van der Waals surface area contributed by atoms with Gasteiger partial charge < -0.3 is 4.79 Å². The van der Waals surface area contributed by atoms with Gasteiger partial charge in [0.2, 0.25) is 0 Å². The van der Waals surface area contributed by atoms with Gasteiger partial charge in [0.1, 0.15) is 6.79 Å². The highest BCUT2D eigenvalue weighted by Gasteiger charge is 2.13. The van der Waals surface area contributed by atoms with Crippen LogP contribution in [-0.2, 0) is 4.79 Å². The molecule has 0 atom stereocenters. The van der Waals surface area contributed by atoms with Crippen molar-refractivity contribution in [1.29, 1.82) is 0 Å². The predicted molar refractivity (Wildman–Crippen MR) is 124 cm³/mol. The summed E-state index contributed by atoms with van der Waals surface area (Å²) in [6.07, 6.45) is 0. The van der Waals surface area contributed by atoms with Crippen LogP contribution in [0.4, 0.5) is 11.4 Å². The maximum absolute atomic E-state index is 10.8. The van der Waals surface area contributed by atoms with Crippen molar-refractivity contribution in [2.75, 3.05) is 0 Å². The van der Waals surface area contributed by atoms with Gasteiger partial charge >= 0.3 is 0 Å². The van der Waals surface area contributed by atoms with Crippen molar-refractivity contribution in [3.8, 4) is 22.3 Å². The first-order valence-electron chi connectivity index (χ1n) is 9.44. The Kier molecular flexibility index (Phi) is 8.96. The van der Waals surface area contributed by atoms with Gasteiger partial charge in [0, 0.05) is 12.1 Å². The molecule has 0 saturated carbocycles. The summed E-state index contributed by atoms with van der Waals surface area (Å²) >= 11 is 0. The molecule has 4 aromatic carbocycles. The Hall–Kier alpha value is -4.65. The maximum atomic E-state index is 10.8. The second-order valence-corrected chi connectivity index (χ2v) is 6.28. The van der Waals surface area contributed by atoms with Crippen LogP contribution >= 0.6 is 0 Å². The van der Waals surface area contributed by atoms with Crippen LogP contribution in [-0.4, -0.2) is 16.6 Å². The molecule has 4 aromatic rings. The van der Waals surface area contributed by atoms with Crippen molar-refractivity contribution >= 4 is 18.2 Å². The van der Waals surface area contributed by atoms with Crippen molar-refractivity contribution in [3.63, 3.8) is 0 Å². The van der Waals surface area contributed by atoms with E-state index in [1.807, 2.05) is 67.5 Å². The molecule has 0 unspecified atom stereocenters. The van der Waals surface area contributed by atoms with Gasteiger partial charge in [0.05, 0.1) is 21.0 Å². The zero-order chi connectivity index (χ0) is 23.3. The van der Waals surface area contributed by atoms with Crippen LogP contribution in [0.3, 0.4) is 0 Å². The average Bonchev–Trinajstić information content (AvgIpc) is 2.86. The maximum Gasteiger partial charge on any atom is 0.277 e. The zero-order valence-corrected chi connectivity index (χ0v) is 17.0. The van der Waals surface area contributed by atoms with E-state index in [4.69, 9.17) is 4.79 Å². The smallest absolute Gasteiger partial charge is 0.277 e. The van der Waals surface area contributed by atoms with E-state index in [1.54, 1.807) is 36.4 Å². The minimum Gasteiger partial charge on any atom is -0.307 e. The van der Waals surface area contributed by atoms with Crippen LogP contribution in [0, 0.1) is 20.2 Å². The average molecular weight is 428 g/mol. The van der Waals surface area contributed by atoms with E-state index in [2.05, 4.69) is 0 Å². The standard InChI is InChI=1S/2C12H9NO2.CH2O/c2*14-13(15)12-9-5-4-8-11(12)10-6-2-1-3-7-10;1-2/h2*1-9H;1H2. The van der Waals surface area contributed by atoms with Gasteiger partial charge in [-0.1, -0.05) is 84.9 Å². The zero-order valence-electron chi connectivity index (χ0n) is 17.0. The minimum atomic E-state index is -0.359. The van der Waals surface area contributed by atoms with Crippen molar-refractivity contribution in [2.45, 2.75) is 0 Å². The van der Waals surface area contributed by atoms with Crippen LogP contribution in [0.15, 0.2) is 109 Å². The fourth-order valence-corrected chi connectivity index (χ4v) is 2.99. The Bertz CT molecular complexity index is 1070. The molecule has 0 aliphatic carbocycles. The molecular weight excluding hydrogens is 408 g/mol. The number of para-hydroxylation sites is 2. The van der Waals surface area contributed by atoms with Crippen LogP contribution in [0.1, 0.15) is 0 Å². The lowest BCUT2D eigenvalue weighted by molar-refractivity contribution is -0.384. The van der Waals surface area contributed by atoms with Gasteiger partial charge in [-0.3, -0.25) is 20.2 Å². The van der Waals surface area contributed by atoms with Crippen molar-refractivity contribution in [2.24, 2.45) is 0 Å². The Labute approximate surface area is 184 Å². The van der Waals surface area contributed by atoms with Crippen molar-refractivity contribution in [3.05, 3.63) is 129 Å². The predicted octanol–water partition coefficient (Wildman–Crippen LogP) is 6.34. The van der Waals surface area contributed by atoms with Crippen LogP contribution in [0.25, 0.3) is 22.3 Å². The topological polar surface area (TPSA) is 103 Å². The molecule has 0 N–H and O–H groups in total. The molecule has 0 aliphatic heterocycles. The SMILES string of the molecule is C=O.O=[N+]([O-])c1ccccc1-c1ccccc1.O=[N+]([O-])c1ccccc1-c1ccccc1. The molecule has 7 heteroatoms. The monoisotopic (exact) mass is 428 g/mol. The first-order chi connectivity index (χ1) is 15.6. The largest absolute Gasteiger partial charge is 0.307 e. The number of nitrogens with zero attached hydrogens (tertiary/aromatic N) is 2. The van der Waals surface area contributed by atoms with E-state index in [1.165, 1.54) is 12.1 Å². The molecule has 0 amide bonds. The highest BCUT2D eigenvalue weighted by molar-refractivity contribution is 5.73. The highest BCUT2D eigenvalue weighted by atomic mass is 16.6. The summed E-state index contributed by atoms with van der Waals surface area (Å²) in [4.78, 5) is 28.9. The summed E-state index contributed by atoms with van der Waals surface area (Å²) < 4.78 is 0. The Morgan fingerprint density at radius 2 is 0.750 bits per heavy atom. The molecule has 32 heavy (non-hydrogen) atoms. The molecular formula is C25H20N2O5. The molecule has 0 fully saturated rings. The van der Waals surface area contributed by atoms with Gasteiger partial charge in [0.15, 0.2) is 0 Å². The van der Waals surface area contributed by atoms with Gasteiger partial charge in [-0.2, -0.15) is 0 Å². The molecule has 0 spiro atoms. The lowest BCUT2D eigenvalue weighted by Crippen LogP contribution is -1.90. The number of nitro benzene ring substituents is 2. The highest BCUT2D eigenvalue weighted by Crippen LogP contribution is 2.29. The third-order valence-corrected chi connectivity index (χ3v) is 4.37. The Balaban J connectivity index is 0.000000211. The number of nitro groups is 2. The molecule has 160 valence electrons. The fraction of sp³-hybridized carbons (Fsp3) is 0. The summed E-state index contributed by atoms with van der Waals surface area (Å²) in [6, 6.07) is 32.2. The molecule has 0 bridgehead atoms. The third-order valence-electron chi connectivity index (χ3n) is 4.37. The number of hydrogen-bond donors (Lipinski definition) is 0. The number of hydrogen-bond acceptors (Lipinski definition) is 5. The van der Waals surface area contributed by atoms with Crippen LogP contribution in [0.2, 0.25) is 0 Å². The van der Waals surface area contributed by atoms with Crippen LogP contribution in [0.5, 0.6) is 0 Å². The van der Waals surface area contributed by atoms with Crippen molar-refractivity contribution < 1.29 is 14.6 Å². The summed E-state index contributed by atoms with van der Waals surface area (Å²) in [5.41, 5.74) is 3.33. The second-order valence-electron chi connectivity index (χ2n) is 6.28. The minimum absolute atomic E-state index is 0.142. The lowest BCUT2D eigenvalue weighted by atomic mass is 10.0. The van der Waals surface area contributed by atoms with Gasteiger partial charge in [-0.25, -0.2) is 0 Å². The molecule has 0 aromatic heterocycles. The second kappa shape index (κ2) is 12.1. The van der Waals surface area contributed by atoms with Crippen LogP contribution < -0.4 is 0 Å². The quantitative estimate of drug-likeness (QED) is 0.279. The molecule has 0 radical (unpaired) electrons. The lowest BCUT2D eigenvalue weighted by Gasteiger charge is -2.01. The number of carbonyl (C=O) groups excluding carboxylic acids is 1. The van der Waals surface area contributed by atoms with Gasteiger partial charge in [-0.05, 0) is 23.3 Å². The first-order valence-corrected chi connectivity index (χ1v) is 9.44. The molecule has 0 heterocycles.